The maximum absolute atomic E-state index is 11.1. The monoisotopic (exact) mass is 624 g/mol. The van der Waals surface area contributed by atoms with Crippen LogP contribution >= 0.6 is 0 Å². The predicted molar refractivity (Wildman–Crippen MR) is 183 cm³/mol. The minimum absolute atomic E-state index is 0.385. The van der Waals surface area contributed by atoms with Gasteiger partial charge in [0.2, 0.25) is 0 Å². The molecular weight excluding hydrogens is 580 g/mol. The molecule has 242 valence electrons. The van der Waals surface area contributed by atoms with Gasteiger partial charge < -0.3 is 29.8 Å². The molecule has 0 saturated heterocycles. The fraction of sp³-hybridized carbons (Fsp3) is 0.316. The van der Waals surface area contributed by atoms with Gasteiger partial charge in [-0.05, 0) is 110 Å². The van der Waals surface area contributed by atoms with E-state index in [1.807, 2.05) is 60.7 Å². The lowest BCUT2D eigenvalue weighted by Crippen LogP contribution is -2.02. The molecule has 3 aromatic rings. The molecule has 0 amide bonds. The van der Waals surface area contributed by atoms with Crippen LogP contribution in [0.2, 0.25) is 0 Å². The molecule has 0 atom stereocenters. The van der Waals surface area contributed by atoms with Crippen molar-refractivity contribution in [2.75, 3.05) is 26.4 Å². The summed E-state index contributed by atoms with van der Waals surface area (Å²) in [5, 5.41) is 16.2. The highest BCUT2D eigenvalue weighted by Gasteiger charge is 2.12. The molecule has 8 nitrogen and oxygen atoms in total. The molecule has 3 rings (SSSR count). The Hall–Kier alpha value is -4.98. The summed E-state index contributed by atoms with van der Waals surface area (Å²) in [6.07, 6.45) is 12.4. The third-order valence-corrected chi connectivity index (χ3v) is 7.30. The first kappa shape index (κ1) is 35.5. The minimum atomic E-state index is -0.385. The Labute approximate surface area is 272 Å². The topological polar surface area (TPSA) is 119 Å². The zero-order chi connectivity index (χ0) is 33.0. The van der Waals surface area contributed by atoms with Crippen molar-refractivity contribution in [2.24, 2.45) is 0 Å². The quantitative estimate of drug-likeness (QED) is 0.0502. The highest BCUT2D eigenvalue weighted by atomic mass is 16.5. The van der Waals surface area contributed by atoms with Gasteiger partial charge in [0.1, 0.15) is 11.5 Å². The molecule has 46 heavy (non-hydrogen) atoms. The molecule has 0 bridgehead atoms. The molecular formula is C38H44N2O6. The van der Waals surface area contributed by atoms with E-state index in [2.05, 4.69) is 13.2 Å². The van der Waals surface area contributed by atoms with Crippen molar-refractivity contribution < 1.29 is 28.5 Å². The van der Waals surface area contributed by atoms with Crippen LogP contribution in [-0.2, 0) is 19.1 Å². The van der Waals surface area contributed by atoms with E-state index in [1.165, 1.54) is 24.6 Å². The second-order valence-corrected chi connectivity index (χ2v) is 10.6. The van der Waals surface area contributed by atoms with Crippen molar-refractivity contribution in [1.82, 2.24) is 0 Å². The average molecular weight is 625 g/mol. The molecule has 0 fully saturated rings. The molecule has 0 aliphatic heterocycles. The Morgan fingerprint density at radius 2 is 0.891 bits per heavy atom. The lowest BCUT2D eigenvalue weighted by atomic mass is 9.91. The fourth-order valence-electron chi connectivity index (χ4n) is 4.79. The summed E-state index contributed by atoms with van der Waals surface area (Å²) < 4.78 is 21.8. The first-order valence-electron chi connectivity index (χ1n) is 15.7. The number of benzene rings is 3. The van der Waals surface area contributed by atoms with Crippen LogP contribution in [0.4, 0.5) is 0 Å². The van der Waals surface area contributed by atoms with E-state index < -0.39 is 0 Å². The van der Waals surface area contributed by atoms with Gasteiger partial charge in [-0.2, -0.15) is 0 Å². The van der Waals surface area contributed by atoms with Crippen molar-refractivity contribution in [2.45, 2.75) is 51.4 Å². The molecule has 2 N–H and O–H groups in total. The van der Waals surface area contributed by atoms with Gasteiger partial charge in [0.15, 0.2) is 0 Å². The number of nitrogens with one attached hydrogen (secondary N) is 2. The van der Waals surface area contributed by atoms with Crippen LogP contribution in [0.5, 0.6) is 11.5 Å². The molecule has 0 aliphatic carbocycles. The first-order valence-corrected chi connectivity index (χ1v) is 15.7. The number of carbonyl (C=O) groups is 2. The predicted octanol–water partition coefficient (Wildman–Crippen LogP) is 8.35. The first-order chi connectivity index (χ1) is 22.5. The second-order valence-electron chi connectivity index (χ2n) is 10.6. The number of hydrogen-bond acceptors (Lipinski definition) is 8. The van der Waals surface area contributed by atoms with Crippen molar-refractivity contribution in [3.63, 3.8) is 0 Å². The Kier molecular flexibility index (Phi) is 15.5. The van der Waals surface area contributed by atoms with E-state index in [9.17, 15) is 9.59 Å². The molecule has 0 saturated carbocycles. The Morgan fingerprint density at radius 1 is 0.543 bits per heavy atom. The average Bonchev–Trinajstić information content (AvgIpc) is 3.10. The summed E-state index contributed by atoms with van der Waals surface area (Å²) in [5.41, 5.74) is 5.15. The number of ether oxygens (including phenoxy) is 4. The van der Waals surface area contributed by atoms with Crippen LogP contribution in [0, 0.1) is 10.8 Å². The zero-order valence-corrected chi connectivity index (χ0v) is 26.4. The summed E-state index contributed by atoms with van der Waals surface area (Å²) >= 11 is 0. The standard InChI is InChI=1S/C38H44N2O6/c1-3-37(41)45-23-11-7-5-9-21-43-33-17-13-29(14-18-33)35-25-32(28-40)36(26-31(35)27-39)30-15-19-34(20-16-30)44-22-10-6-8-12-24-46-38(42)4-2/h3-4,13-20,25-28,39-40H,1-2,5-12,21-24H2. The number of rotatable bonds is 22. The second kappa shape index (κ2) is 20.1. The highest BCUT2D eigenvalue weighted by molar-refractivity contribution is 5.98. The van der Waals surface area contributed by atoms with E-state index >= 15 is 0 Å². The zero-order valence-electron chi connectivity index (χ0n) is 26.4. The third-order valence-electron chi connectivity index (χ3n) is 7.30. The van der Waals surface area contributed by atoms with Crippen molar-refractivity contribution in [3.05, 3.63) is 97.1 Å². The Bertz CT molecular complexity index is 1340. The molecule has 8 heteroatoms. The normalized spacial score (nSPS) is 10.4. The largest absolute Gasteiger partial charge is 0.494 e. The van der Waals surface area contributed by atoms with E-state index in [1.54, 1.807) is 0 Å². The summed E-state index contributed by atoms with van der Waals surface area (Å²) in [7, 11) is 0. The van der Waals surface area contributed by atoms with Crippen LogP contribution in [0.3, 0.4) is 0 Å². The number of unbranched alkanes of at least 4 members (excludes halogenated alkanes) is 6. The Balaban J connectivity index is 1.51. The van der Waals surface area contributed by atoms with Gasteiger partial charge in [-0.25, -0.2) is 9.59 Å². The number of carbonyl (C=O) groups excluding carboxylic acids is 2. The lowest BCUT2D eigenvalue weighted by Gasteiger charge is -2.14. The van der Waals surface area contributed by atoms with Gasteiger partial charge in [-0.15, -0.1) is 0 Å². The van der Waals surface area contributed by atoms with E-state index in [-0.39, 0.29) is 11.9 Å². The van der Waals surface area contributed by atoms with E-state index in [4.69, 9.17) is 29.8 Å². The SMILES string of the molecule is C=CC(=O)OCCCCCCOc1ccc(-c2cc(C=N)c(-c3ccc(OCCCCCCOC(=O)C=C)cc3)cc2C=N)cc1. The summed E-state index contributed by atoms with van der Waals surface area (Å²) in [5.74, 6) is 0.781. The summed E-state index contributed by atoms with van der Waals surface area (Å²) in [6, 6.07) is 19.5. The van der Waals surface area contributed by atoms with Crippen LogP contribution in [0.25, 0.3) is 22.3 Å². The van der Waals surface area contributed by atoms with Crippen LogP contribution < -0.4 is 9.47 Å². The molecule has 0 aliphatic rings. The van der Waals surface area contributed by atoms with Crippen molar-refractivity contribution in [1.29, 1.82) is 10.8 Å². The van der Waals surface area contributed by atoms with Gasteiger partial charge in [-0.1, -0.05) is 37.4 Å². The Morgan fingerprint density at radius 3 is 1.22 bits per heavy atom. The number of esters is 2. The van der Waals surface area contributed by atoms with Gasteiger partial charge in [-0.3, -0.25) is 0 Å². The van der Waals surface area contributed by atoms with Crippen LogP contribution in [0.1, 0.15) is 62.5 Å². The van der Waals surface area contributed by atoms with E-state index in [0.29, 0.717) is 26.4 Å². The summed E-state index contributed by atoms with van der Waals surface area (Å²) in [6.45, 7) is 8.79. The maximum atomic E-state index is 11.1. The van der Waals surface area contributed by atoms with Crippen LogP contribution in [-0.4, -0.2) is 50.8 Å². The van der Waals surface area contributed by atoms with Gasteiger partial charge >= 0.3 is 11.9 Å². The van der Waals surface area contributed by atoms with E-state index in [0.717, 1.165) is 96.2 Å². The van der Waals surface area contributed by atoms with Crippen LogP contribution in [0.15, 0.2) is 86.0 Å². The van der Waals surface area contributed by atoms with Gasteiger partial charge in [0.25, 0.3) is 0 Å². The third kappa shape index (κ3) is 11.8. The molecule has 0 radical (unpaired) electrons. The maximum Gasteiger partial charge on any atom is 0.330 e. The smallest absolute Gasteiger partial charge is 0.330 e. The molecule has 0 aromatic heterocycles. The van der Waals surface area contributed by atoms with Gasteiger partial charge in [0.05, 0.1) is 26.4 Å². The molecule has 0 spiro atoms. The summed E-state index contributed by atoms with van der Waals surface area (Å²) in [4.78, 5) is 22.1. The van der Waals surface area contributed by atoms with Crippen molar-refractivity contribution in [3.8, 4) is 33.8 Å². The van der Waals surface area contributed by atoms with Crippen molar-refractivity contribution >= 4 is 24.4 Å². The fourth-order valence-corrected chi connectivity index (χ4v) is 4.79. The molecule has 0 unspecified atom stereocenters. The highest BCUT2D eigenvalue weighted by Crippen LogP contribution is 2.33. The lowest BCUT2D eigenvalue weighted by molar-refractivity contribution is -0.138. The minimum Gasteiger partial charge on any atom is -0.494 e. The molecule has 3 aromatic carbocycles. The molecule has 0 heterocycles. The number of hydrogen-bond donors (Lipinski definition) is 2. The van der Waals surface area contributed by atoms with Gasteiger partial charge in [0, 0.05) is 35.7 Å².